The second-order valence-electron chi connectivity index (χ2n) is 6.07. The van der Waals surface area contributed by atoms with Crippen LogP contribution >= 0.6 is 15.9 Å². The molecule has 6 heteroatoms. The van der Waals surface area contributed by atoms with E-state index in [2.05, 4.69) is 15.9 Å². The third-order valence-corrected chi connectivity index (χ3v) is 5.03. The maximum atomic E-state index is 12.5. The van der Waals surface area contributed by atoms with Crippen LogP contribution in [-0.4, -0.2) is 47.7 Å². The number of hydrogen-bond acceptors (Lipinski definition) is 4. The van der Waals surface area contributed by atoms with E-state index in [9.17, 15) is 9.59 Å². The van der Waals surface area contributed by atoms with Gasteiger partial charge in [0.2, 0.25) is 5.91 Å². The molecular formula is C17H20BrNO4. The van der Waals surface area contributed by atoms with E-state index in [0.717, 1.165) is 0 Å². The maximum absolute atomic E-state index is 12.5. The fourth-order valence-electron chi connectivity index (χ4n) is 3.28. The molecule has 0 radical (unpaired) electrons. The molecule has 1 spiro atoms. The Balaban J connectivity index is 1.73. The summed E-state index contributed by atoms with van der Waals surface area (Å²) in [5.74, 6) is 1.53. The normalized spacial score (nSPS) is 19.2. The number of carbonyl (C=O) groups is 2. The van der Waals surface area contributed by atoms with Crippen molar-refractivity contribution in [3.05, 3.63) is 23.8 Å². The Kier molecular flexibility index (Phi) is 4.62. The molecule has 1 aromatic carbocycles. The fourth-order valence-corrected chi connectivity index (χ4v) is 3.62. The lowest BCUT2D eigenvalue weighted by Gasteiger charge is -2.44. The van der Waals surface area contributed by atoms with Crippen LogP contribution in [0.1, 0.15) is 36.0 Å². The Morgan fingerprint density at radius 3 is 2.78 bits per heavy atom. The van der Waals surface area contributed by atoms with E-state index in [0.29, 0.717) is 61.2 Å². The zero-order valence-electron chi connectivity index (χ0n) is 13.1. The average Bonchev–Trinajstić information content (AvgIpc) is 2.55. The van der Waals surface area contributed by atoms with Gasteiger partial charge in [-0.05, 0) is 18.2 Å². The highest BCUT2D eigenvalue weighted by Crippen LogP contribution is 2.40. The molecule has 0 bridgehead atoms. The Labute approximate surface area is 144 Å². The number of fused-ring (bicyclic) bond motifs is 1. The SMILES string of the molecule is COc1ccc2c(c1)C(=O)CC1(CCN(C(=O)CCBr)CC1)O2. The van der Waals surface area contributed by atoms with Gasteiger partial charge in [0.25, 0.3) is 0 Å². The third-order valence-electron chi connectivity index (χ3n) is 4.63. The molecule has 0 N–H and O–H groups in total. The summed E-state index contributed by atoms with van der Waals surface area (Å²) in [6.45, 7) is 1.29. The number of benzene rings is 1. The topological polar surface area (TPSA) is 55.8 Å². The number of alkyl halides is 1. The Hall–Kier alpha value is -1.56. The maximum Gasteiger partial charge on any atom is 0.223 e. The van der Waals surface area contributed by atoms with Crippen LogP contribution in [0.15, 0.2) is 18.2 Å². The van der Waals surface area contributed by atoms with Gasteiger partial charge in [-0.15, -0.1) is 0 Å². The van der Waals surface area contributed by atoms with Crippen molar-refractivity contribution in [1.82, 2.24) is 4.90 Å². The molecule has 5 nitrogen and oxygen atoms in total. The van der Waals surface area contributed by atoms with Crippen molar-refractivity contribution in [3.8, 4) is 11.5 Å². The zero-order chi connectivity index (χ0) is 16.4. The molecule has 3 rings (SSSR count). The van der Waals surface area contributed by atoms with Crippen molar-refractivity contribution in [3.63, 3.8) is 0 Å². The molecule has 1 aromatic rings. The van der Waals surface area contributed by atoms with Gasteiger partial charge in [0.1, 0.15) is 17.1 Å². The van der Waals surface area contributed by atoms with Crippen molar-refractivity contribution >= 4 is 27.6 Å². The number of rotatable bonds is 3. The second-order valence-corrected chi connectivity index (χ2v) is 6.86. The average molecular weight is 382 g/mol. The summed E-state index contributed by atoms with van der Waals surface area (Å²) in [7, 11) is 1.58. The molecule has 1 amide bonds. The van der Waals surface area contributed by atoms with Crippen LogP contribution in [0.4, 0.5) is 0 Å². The van der Waals surface area contributed by atoms with Gasteiger partial charge in [0, 0.05) is 37.7 Å². The van der Waals surface area contributed by atoms with E-state index in [4.69, 9.17) is 9.47 Å². The molecule has 0 unspecified atom stereocenters. The third kappa shape index (κ3) is 3.22. The molecule has 0 atom stereocenters. The number of ether oxygens (including phenoxy) is 2. The van der Waals surface area contributed by atoms with Crippen LogP contribution < -0.4 is 9.47 Å². The molecule has 2 aliphatic rings. The summed E-state index contributed by atoms with van der Waals surface area (Å²) in [6.07, 6.45) is 2.26. The van der Waals surface area contributed by atoms with Crippen LogP contribution in [0.3, 0.4) is 0 Å². The highest BCUT2D eigenvalue weighted by Gasteiger charge is 2.43. The molecule has 0 aromatic heterocycles. The van der Waals surface area contributed by atoms with Gasteiger partial charge in [-0.3, -0.25) is 9.59 Å². The molecule has 0 saturated carbocycles. The van der Waals surface area contributed by atoms with E-state index in [1.165, 1.54) is 0 Å². The number of amides is 1. The first kappa shape index (κ1) is 16.3. The molecule has 1 fully saturated rings. The Morgan fingerprint density at radius 1 is 1.39 bits per heavy atom. The number of nitrogens with zero attached hydrogens (tertiary/aromatic N) is 1. The van der Waals surface area contributed by atoms with E-state index >= 15 is 0 Å². The minimum Gasteiger partial charge on any atom is -0.497 e. The lowest BCUT2D eigenvalue weighted by atomic mass is 9.82. The van der Waals surface area contributed by atoms with Crippen LogP contribution in [-0.2, 0) is 4.79 Å². The number of carbonyl (C=O) groups excluding carboxylic acids is 2. The molecule has 23 heavy (non-hydrogen) atoms. The van der Waals surface area contributed by atoms with Crippen molar-refractivity contribution in [2.75, 3.05) is 25.5 Å². The molecular weight excluding hydrogens is 362 g/mol. The highest BCUT2D eigenvalue weighted by atomic mass is 79.9. The lowest BCUT2D eigenvalue weighted by molar-refractivity contribution is -0.134. The van der Waals surface area contributed by atoms with Crippen molar-refractivity contribution in [2.45, 2.75) is 31.3 Å². The van der Waals surface area contributed by atoms with E-state index in [1.54, 1.807) is 25.3 Å². The van der Waals surface area contributed by atoms with Gasteiger partial charge in [0.05, 0.1) is 19.1 Å². The number of piperidine rings is 1. The summed E-state index contributed by atoms with van der Waals surface area (Å²) in [4.78, 5) is 26.4. The summed E-state index contributed by atoms with van der Waals surface area (Å²) >= 11 is 3.30. The van der Waals surface area contributed by atoms with Gasteiger partial charge < -0.3 is 14.4 Å². The number of methoxy groups -OCH3 is 1. The van der Waals surface area contributed by atoms with Crippen LogP contribution in [0.2, 0.25) is 0 Å². The highest BCUT2D eigenvalue weighted by molar-refractivity contribution is 9.09. The predicted molar refractivity (Wildman–Crippen MR) is 89.5 cm³/mol. The van der Waals surface area contributed by atoms with E-state index in [-0.39, 0.29) is 11.7 Å². The zero-order valence-corrected chi connectivity index (χ0v) is 14.7. The quantitative estimate of drug-likeness (QED) is 0.755. The van der Waals surface area contributed by atoms with Gasteiger partial charge in [0.15, 0.2) is 5.78 Å². The molecule has 1 saturated heterocycles. The van der Waals surface area contributed by atoms with Gasteiger partial charge in [-0.1, -0.05) is 15.9 Å². The number of ketones is 1. The minimum absolute atomic E-state index is 0.0883. The van der Waals surface area contributed by atoms with Crippen molar-refractivity contribution in [2.24, 2.45) is 0 Å². The monoisotopic (exact) mass is 381 g/mol. The summed E-state index contributed by atoms with van der Waals surface area (Å²) in [5.41, 5.74) is 0.122. The molecule has 2 aliphatic heterocycles. The Morgan fingerprint density at radius 2 is 2.13 bits per heavy atom. The number of halogens is 1. The largest absolute Gasteiger partial charge is 0.497 e. The van der Waals surface area contributed by atoms with E-state index < -0.39 is 5.60 Å². The standard InChI is InChI=1S/C17H20BrNO4/c1-22-12-2-3-15-13(10-12)14(20)11-17(23-15)5-8-19(9-6-17)16(21)4-7-18/h2-3,10H,4-9,11H2,1H3. The first-order valence-corrected chi connectivity index (χ1v) is 8.93. The molecule has 2 heterocycles. The van der Waals surface area contributed by atoms with E-state index in [1.807, 2.05) is 4.90 Å². The van der Waals surface area contributed by atoms with Crippen molar-refractivity contribution in [1.29, 1.82) is 0 Å². The smallest absolute Gasteiger partial charge is 0.223 e. The van der Waals surface area contributed by atoms with Gasteiger partial charge in [-0.25, -0.2) is 0 Å². The summed E-state index contributed by atoms with van der Waals surface area (Å²) in [6, 6.07) is 5.34. The van der Waals surface area contributed by atoms with Crippen LogP contribution in [0.5, 0.6) is 11.5 Å². The summed E-state index contributed by atoms with van der Waals surface area (Å²) < 4.78 is 11.4. The Bertz CT molecular complexity index is 623. The first-order chi connectivity index (χ1) is 11.1. The first-order valence-electron chi connectivity index (χ1n) is 7.81. The van der Waals surface area contributed by atoms with Crippen molar-refractivity contribution < 1.29 is 19.1 Å². The lowest BCUT2D eigenvalue weighted by Crippen LogP contribution is -2.52. The van der Waals surface area contributed by atoms with Gasteiger partial charge in [-0.2, -0.15) is 0 Å². The van der Waals surface area contributed by atoms with Crippen LogP contribution in [0.25, 0.3) is 0 Å². The fraction of sp³-hybridized carbons (Fsp3) is 0.529. The summed E-state index contributed by atoms with van der Waals surface area (Å²) in [5, 5.41) is 0.678. The number of Topliss-reactive ketones (excluding diaryl/α,β-unsaturated/α-hetero) is 1. The second kappa shape index (κ2) is 6.51. The van der Waals surface area contributed by atoms with Crippen LogP contribution in [0, 0.1) is 0 Å². The predicted octanol–water partition coefficient (Wildman–Crippen LogP) is 2.81. The number of hydrogen-bond donors (Lipinski definition) is 0. The molecule has 124 valence electrons. The molecule has 0 aliphatic carbocycles. The van der Waals surface area contributed by atoms with Gasteiger partial charge >= 0.3 is 0 Å². The minimum atomic E-state index is -0.468. The number of likely N-dealkylation sites (tertiary alicyclic amines) is 1.